The molecule has 9 heteroatoms. The predicted octanol–water partition coefficient (Wildman–Crippen LogP) is 3.57. The minimum Gasteiger partial charge on any atom is -0.316 e. The first-order valence-electron chi connectivity index (χ1n) is 11.2. The van der Waals surface area contributed by atoms with Gasteiger partial charge in [0, 0.05) is 44.2 Å². The lowest BCUT2D eigenvalue weighted by Gasteiger charge is -2.30. The van der Waals surface area contributed by atoms with Gasteiger partial charge in [-0.25, -0.2) is 12.7 Å². The van der Waals surface area contributed by atoms with Crippen LogP contribution >= 0.6 is 0 Å². The van der Waals surface area contributed by atoms with Gasteiger partial charge in [-0.1, -0.05) is 18.2 Å². The van der Waals surface area contributed by atoms with Gasteiger partial charge in [-0.15, -0.1) is 0 Å². The minimum absolute atomic E-state index is 0.00169. The molecule has 0 heterocycles. The van der Waals surface area contributed by atoms with Crippen LogP contribution in [0.5, 0.6) is 0 Å². The van der Waals surface area contributed by atoms with Crippen LogP contribution in [0.15, 0.2) is 54.6 Å². The van der Waals surface area contributed by atoms with E-state index in [0.717, 1.165) is 29.1 Å². The molecule has 1 aliphatic rings. The third-order valence-corrected chi connectivity index (χ3v) is 7.15. The molecule has 0 N–H and O–H groups in total. The molecule has 182 valence electrons. The zero-order valence-corrected chi connectivity index (χ0v) is 20.8. The maximum Gasteiger partial charge on any atom is 0.241 e. The molecule has 3 rings (SSSR count). The third-order valence-electron chi connectivity index (χ3n) is 6.07. The van der Waals surface area contributed by atoms with Crippen LogP contribution < -0.4 is 14.1 Å². The second-order valence-electron chi connectivity index (χ2n) is 8.69. The zero-order valence-electron chi connectivity index (χ0n) is 20.0. The average Bonchev–Trinajstić information content (AvgIpc) is 3.63. The van der Waals surface area contributed by atoms with Gasteiger partial charge in [0.15, 0.2) is 0 Å². The smallest absolute Gasteiger partial charge is 0.241 e. The van der Waals surface area contributed by atoms with E-state index in [4.69, 9.17) is 0 Å². The van der Waals surface area contributed by atoms with Crippen molar-refractivity contribution in [1.82, 2.24) is 0 Å². The molecule has 0 spiro atoms. The molecule has 0 aromatic heterocycles. The summed E-state index contributed by atoms with van der Waals surface area (Å²) in [5, 5.41) is 0. The highest BCUT2D eigenvalue weighted by Crippen LogP contribution is 2.37. The molecule has 0 radical (unpaired) electrons. The number of hydrogen-bond acceptors (Lipinski definition) is 5. The largest absolute Gasteiger partial charge is 0.316 e. The fraction of sp³-hybridized carbons (Fsp3) is 0.400. The van der Waals surface area contributed by atoms with Gasteiger partial charge in [-0.05, 0) is 62.1 Å². The Labute approximate surface area is 201 Å². The van der Waals surface area contributed by atoms with E-state index in [-0.39, 0.29) is 36.4 Å². The number of benzene rings is 2. The molecule has 2 aromatic rings. The average molecular weight is 486 g/mol. The lowest BCUT2D eigenvalue weighted by molar-refractivity contribution is -0.123. The number of amides is 3. The summed E-state index contributed by atoms with van der Waals surface area (Å²) in [5.74, 6) is -0.647. The number of carbonyl (C=O) groups is 3. The Kier molecular flexibility index (Phi) is 7.76. The molecule has 1 fully saturated rings. The molecule has 1 saturated carbocycles. The van der Waals surface area contributed by atoms with Gasteiger partial charge in [-0.2, -0.15) is 0 Å². The maximum absolute atomic E-state index is 13.2. The van der Waals surface area contributed by atoms with Gasteiger partial charge >= 0.3 is 0 Å². The highest BCUT2D eigenvalue weighted by Gasteiger charge is 2.35. The van der Waals surface area contributed by atoms with E-state index < -0.39 is 15.9 Å². The summed E-state index contributed by atoms with van der Waals surface area (Å²) in [7, 11) is -2.33. The van der Waals surface area contributed by atoms with Gasteiger partial charge in [-0.3, -0.25) is 14.4 Å². The fourth-order valence-corrected chi connectivity index (χ4v) is 4.90. The van der Waals surface area contributed by atoms with Crippen LogP contribution in [0, 0.1) is 5.92 Å². The molecule has 1 unspecified atom stereocenters. The van der Waals surface area contributed by atoms with Crippen molar-refractivity contribution in [3.05, 3.63) is 54.6 Å². The van der Waals surface area contributed by atoms with Crippen molar-refractivity contribution in [2.75, 3.05) is 27.4 Å². The van der Waals surface area contributed by atoms with Crippen molar-refractivity contribution in [3.63, 3.8) is 0 Å². The summed E-state index contributed by atoms with van der Waals surface area (Å²) in [4.78, 5) is 40.9. The molecule has 0 saturated heterocycles. The number of rotatable bonds is 9. The second-order valence-corrected chi connectivity index (χ2v) is 10.5. The Morgan fingerprint density at radius 2 is 1.41 bits per heavy atom. The molecular formula is C25H31N3O5S. The van der Waals surface area contributed by atoms with E-state index in [1.165, 1.54) is 24.0 Å². The van der Waals surface area contributed by atoms with Crippen LogP contribution in [0.3, 0.4) is 0 Å². The summed E-state index contributed by atoms with van der Waals surface area (Å²) in [6, 6.07) is 15.4. The van der Waals surface area contributed by atoms with E-state index >= 15 is 0 Å². The second kappa shape index (κ2) is 10.4. The predicted molar refractivity (Wildman–Crippen MR) is 133 cm³/mol. The number of sulfonamides is 1. The standard InChI is InChI=1S/C25H31N3O5S/c1-18(20-10-11-20)27(22-8-6-5-7-9-22)24(30)16-17-25(31)28(34(4,32)33)23-14-12-21(13-15-23)26(3)19(2)29/h5-9,12-15,18,20H,10-11,16-17H2,1-4H3. The van der Waals surface area contributed by atoms with Gasteiger partial charge in [0.1, 0.15) is 0 Å². The number of hydrogen-bond donors (Lipinski definition) is 0. The van der Waals surface area contributed by atoms with Crippen molar-refractivity contribution in [2.24, 2.45) is 5.92 Å². The lowest BCUT2D eigenvalue weighted by Crippen LogP contribution is -2.41. The molecule has 0 bridgehead atoms. The van der Waals surface area contributed by atoms with E-state index in [9.17, 15) is 22.8 Å². The molecule has 0 aliphatic heterocycles. The number of carbonyl (C=O) groups excluding carboxylic acids is 3. The Morgan fingerprint density at radius 1 is 0.882 bits per heavy atom. The van der Waals surface area contributed by atoms with Crippen molar-refractivity contribution >= 4 is 44.8 Å². The van der Waals surface area contributed by atoms with Crippen molar-refractivity contribution in [2.45, 2.75) is 45.6 Å². The monoisotopic (exact) mass is 485 g/mol. The first-order chi connectivity index (χ1) is 16.0. The highest BCUT2D eigenvalue weighted by molar-refractivity contribution is 7.92. The van der Waals surface area contributed by atoms with Gasteiger partial charge in [0.05, 0.1) is 11.9 Å². The number of nitrogens with zero attached hydrogens (tertiary/aromatic N) is 3. The van der Waals surface area contributed by atoms with E-state index in [2.05, 4.69) is 0 Å². The Bertz CT molecular complexity index is 1140. The molecule has 1 atom stereocenters. The van der Waals surface area contributed by atoms with Crippen LogP contribution in [0.4, 0.5) is 17.1 Å². The quantitative estimate of drug-likeness (QED) is 0.541. The third kappa shape index (κ3) is 6.02. The molecule has 1 aliphatic carbocycles. The van der Waals surface area contributed by atoms with Gasteiger partial charge in [0.25, 0.3) is 0 Å². The van der Waals surface area contributed by atoms with Gasteiger partial charge < -0.3 is 9.80 Å². The van der Waals surface area contributed by atoms with E-state index in [1.54, 1.807) is 24.1 Å². The number of anilines is 3. The highest BCUT2D eigenvalue weighted by atomic mass is 32.2. The van der Waals surface area contributed by atoms with Gasteiger partial charge in [0.2, 0.25) is 27.7 Å². The van der Waals surface area contributed by atoms with Crippen LogP contribution in [0.1, 0.15) is 39.5 Å². The zero-order chi connectivity index (χ0) is 25.0. The molecule has 3 amide bonds. The van der Waals surface area contributed by atoms with Crippen molar-refractivity contribution in [3.8, 4) is 0 Å². The molecular weight excluding hydrogens is 454 g/mol. The number of para-hydroxylation sites is 1. The summed E-state index contributed by atoms with van der Waals surface area (Å²) in [5.41, 5.74) is 1.50. The summed E-state index contributed by atoms with van der Waals surface area (Å²) in [6.45, 7) is 3.42. The SMILES string of the molecule is CC(=O)N(C)c1ccc(N(C(=O)CCC(=O)N(c2ccccc2)C(C)C2CC2)S(C)(=O)=O)cc1. The Hall–Kier alpha value is -3.20. The van der Waals surface area contributed by atoms with Crippen molar-refractivity contribution < 1.29 is 22.8 Å². The van der Waals surface area contributed by atoms with Crippen molar-refractivity contribution in [1.29, 1.82) is 0 Å². The molecule has 2 aromatic carbocycles. The molecule has 8 nitrogen and oxygen atoms in total. The maximum atomic E-state index is 13.2. The minimum atomic E-state index is -3.93. The fourth-order valence-electron chi connectivity index (χ4n) is 3.93. The lowest BCUT2D eigenvalue weighted by atomic mass is 10.1. The van der Waals surface area contributed by atoms with E-state index in [0.29, 0.717) is 11.6 Å². The van der Waals surface area contributed by atoms with Crippen LogP contribution in [-0.4, -0.2) is 45.5 Å². The van der Waals surface area contributed by atoms with Crippen LogP contribution in [0.2, 0.25) is 0 Å². The summed E-state index contributed by atoms with van der Waals surface area (Å²) >= 11 is 0. The Balaban J connectivity index is 1.77. The summed E-state index contributed by atoms with van der Waals surface area (Å²) in [6.07, 6.45) is 2.72. The van der Waals surface area contributed by atoms with Crippen LogP contribution in [-0.2, 0) is 24.4 Å². The summed E-state index contributed by atoms with van der Waals surface area (Å²) < 4.78 is 25.6. The Morgan fingerprint density at radius 3 is 1.91 bits per heavy atom. The van der Waals surface area contributed by atoms with Crippen LogP contribution in [0.25, 0.3) is 0 Å². The van der Waals surface area contributed by atoms with E-state index in [1.807, 2.05) is 37.3 Å². The first-order valence-corrected chi connectivity index (χ1v) is 13.1. The normalized spacial score (nSPS) is 14.2. The first kappa shape index (κ1) is 25.4. The topological polar surface area (TPSA) is 95.1 Å². The molecule has 34 heavy (non-hydrogen) atoms.